The first-order valence-corrected chi connectivity index (χ1v) is 6.77. The molecule has 0 heterocycles. The van der Waals surface area contributed by atoms with Crippen molar-refractivity contribution in [2.24, 2.45) is 11.3 Å². The lowest BCUT2D eigenvalue weighted by atomic mass is 9.80. The fourth-order valence-corrected chi connectivity index (χ4v) is 1.70. The van der Waals surface area contributed by atoms with E-state index in [1.807, 2.05) is 19.9 Å². The molecule has 4 nitrogen and oxygen atoms in total. The van der Waals surface area contributed by atoms with E-state index in [1.54, 1.807) is 13.0 Å². The normalized spacial score (nSPS) is 11.0. The molecule has 0 aliphatic heterocycles. The maximum Gasteiger partial charge on any atom is 0.324 e. The third kappa shape index (κ3) is 5.11. The summed E-state index contributed by atoms with van der Waals surface area (Å²) < 4.78 is 9.55. The zero-order valence-corrected chi connectivity index (χ0v) is 13.5. The number of carbonyl (C=O) groups excluding carboxylic acids is 2. The Hall–Kier alpha value is -2.02. The van der Waals surface area contributed by atoms with E-state index in [2.05, 4.69) is 18.4 Å². The van der Waals surface area contributed by atoms with Crippen LogP contribution in [0.25, 0.3) is 0 Å². The smallest absolute Gasteiger partial charge is 0.324 e. The molecule has 0 aromatic heterocycles. The standard InChI is InChI=1S/C17H24O4/c1-7-8-11-17(15(18)20-5,16(19)21-6)12-9-10-14(4)13(2)3/h9-10,13H,4,11-12H2,1-3,5-6H3/b10-9+. The van der Waals surface area contributed by atoms with Gasteiger partial charge in [0.15, 0.2) is 5.41 Å². The van der Waals surface area contributed by atoms with E-state index in [1.165, 1.54) is 14.2 Å². The lowest BCUT2D eigenvalue weighted by Crippen LogP contribution is -2.40. The molecule has 0 amide bonds. The van der Waals surface area contributed by atoms with Gasteiger partial charge in [-0.2, -0.15) is 0 Å². The number of methoxy groups -OCH3 is 2. The molecule has 0 spiro atoms. The molecule has 0 aromatic rings. The van der Waals surface area contributed by atoms with Crippen molar-refractivity contribution in [2.45, 2.75) is 33.6 Å². The highest BCUT2D eigenvalue weighted by molar-refractivity contribution is 6.00. The molecular weight excluding hydrogens is 268 g/mol. The average molecular weight is 292 g/mol. The van der Waals surface area contributed by atoms with Crippen molar-refractivity contribution < 1.29 is 19.1 Å². The van der Waals surface area contributed by atoms with Gasteiger partial charge in [0.2, 0.25) is 0 Å². The molecule has 0 aliphatic carbocycles. The number of esters is 2. The Balaban J connectivity index is 5.44. The Labute approximate surface area is 127 Å². The third-order valence-electron chi connectivity index (χ3n) is 3.26. The SMILES string of the molecule is C=C(/C=C/CC(CC#CC)(C(=O)OC)C(=O)OC)C(C)C. The summed E-state index contributed by atoms with van der Waals surface area (Å²) >= 11 is 0. The molecular formula is C17H24O4. The maximum atomic E-state index is 12.1. The van der Waals surface area contributed by atoms with Crippen LogP contribution in [0, 0.1) is 23.2 Å². The van der Waals surface area contributed by atoms with Crippen molar-refractivity contribution in [2.75, 3.05) is 14.2 Å². The molecule has 21 heavy (non-hydrogen) atoms. The van der Waals surface area contributed by atoms with E-state index < -0.39 is 17.4 Å². The van der Waals surface area contributed by atoms with E-state index >= 15 is 0 Å². The Morgan fingerprint density at radius 2 is 1.76 bits per heavy atom. The van der Waals surface area contributed by atoms with Gasteiger partial charge >= 0.3 is 11.9 Å². The minimum absolute atomic E-state index is 0.0569. The van der Waals surface area contributed by atoms with Crippen molar-refractivity contribution in [1.29, 1.82) is 0 Å². The van der Waals surface area contributed by atoms with Crippen LogP contribution in [0.1, 0.15) is 33.6 Å². The Bertz CT molecular complexity index is 459. The molecule has 0 radical (unpaired) electrons. The molecule has 0 saturated heterocycles. The van der Waals surface area contributed by atoms with Gasteiger partial charge in [0.05, 0.1) is 14.2 Å². The largest absolute Gasteiger partial charge is 0.468 e. The second-order valence-corrected chi connectivity index (χ2v) is 5.00. The van der Waals surface area contributed by atoms with Crippen molar-refractivity contribution in [3.63, 3.8) is 0 Å². The molecule has 0 saturated carbocycles. The van der Waals surface area contributed by atoms with Crippen LogP contribution in [0.5, 0.6) is 0 Å². The molecule has 0 fully saturated rings. The van der Waals surface area contributed by atoms with Crippen LogP contribution in [-0.2, 0) is 19.1 Å². The van der Waals surface area contributed by atoms with E-state index in [0.29, 0.717) is 5.92 Å². The van der Waals surface area contributed by atoms with Crippen molar-refractivity contribution >= 4 is 11.9 Å². The van der Waals surface area contributed by atoms with Gasteiger partial charge in [-0.15, -0.1) is 11.8 Å². The maximum absolute atomic E-state index is 12.1. The average Bonchev–Trinajstić information content (AvgIpc) is 2.48. The van der Waals surface area contributed by atoms with Gasteiger partial charge < -0.3 is 9.47 Å². The number of rotatable bonds is 7. The number of carbonyl (C=O) groups is 2. The van der Waals surface area contributed by atoms with Gasteiger partial charge in [0, 0.05) is 6.42 Å². The molecule has 0 atom stereocenters. The number of hydrogen-bond acceptors (Lipinski definition) is 4. The van der Waals surface area contributed by atoms with E-state index in [9.17, 15) is 9.59 Å². The number of hydrogen-bond donors (Lipinski definition) is 0. The molecule has 0 unspecified atom stereocenters. The van der Waals surface area contributed by atoms with Crippen LogP contribution in [0.15, 0.2) is 24.3 Å². The zero-order chi connectivity index (χ0) is 16.5. The molecule has 0 rings (SSSR count). The lowest BCUT2D eigenvalue weighted by Gasteiger charge is -2.25. The van der Waals surface area contributed by atoms with E-state index in [-0.39, 0.29) is 12.8 Å². The monoisotopic (exact) mass is 292 g/mol. The molecule has 0 N–H and O–H groups in total. The Kier molecular flexibility index (Phi) is 8.15. The Morgan fingerprint density at radius 1 is 1.24 bits per heavy atom. The summed E-state index contributed by atoms with van der Waals surface area (Å²) in [6.07, 6.45) is 3.77. The Morgan fingerprint density at radius 3 is 2.14 bits per heavy atom. The summed E-state index contributed by atoms with van der Waals surface area (Å²) in [5.41, 5.74) is -0.513. The third-order valence-corrected chi connectivity index (χ3v) is 3.26. The fourth-order valence-electron chi connectivity index (χ4n) is 1.70. The second-order valence-electron chi connectivity index (χ2n) is 5.00. The van der Waals surface area contributed by atoms with Crippen LogP contribution in [0.3, 0.4) is 0 Å². The number of allylic oxidation sites excluding steroid dienone is 3. The summed E-state index contributed by atoms with van der Waals surface area (Å²) in [7, 11) is 2.49. The van der Waals surface area contributed by atoms with Crippen LogP contribution in [-0.4, -0.2) is 26.2 Å². The summed E-state index contributed by atoms with van der Waals surface area (Å²) in [4.78, 5) is 24.2. The van der Waals surface area contributed by atoms with Crippen molar-refractivity contribution in [3.05, 3.63) is 24.3 Å². The van der Waals surface area contributed by atoms with Gasteiger partial charge in [-0.05, 0) is 19.3 Å². The van der Waals surface area contributed by atoms with Gasteiger partial charge in [0.1, 0.15) is 0 Å². The fraction of sp³-hybridized carbons (Fsp3) is 0.529. The summed E-state index contributed by atoms with van der Waals surface area (Å²) in [5, 5.41) is 0. The van der Waals surface area contributed by atoms with Gasteiger partial charge in [-0.1, -0.05) is 38.2 Å². The molecule has 0 aliphatic rings. The minimum atomic E-state index is -1.43. The number of ether oxygens (including phenoxy) is 2. The first kappa shape index (κ1) is 19.0. The molecule has 0 bridgehead atoms. The van der Waals surface area contributed by atoms with E-state index in [0.717, 1.165) is 5.57 Å². The summed E-state index contributed by atoms with van der Waals surface area (Å²) in [6, 6.07) is 0. The van der Waals surface area contributed by atoms with Crippen LogP contribution < -0.4 is 0 Å². The lowest BCUT2D eigenvalue weighted by molar-refractivity contribution is -0.168. The zero-order valence-electron chi connectivity index (χ0n) is 13.5. The highest BCUT2D eigenvalue weighted by atomic mass is 16.5. The predicted octanol–water partition coefficient (Wildman–Crippen LogP) is 2.89. The van der Waals surface area contributed by atoms with Crippen molar-refractivity contribution in [3.8, 4) is 11.8 Å². The van der Waals surface area contributed by atoms with E-state index in [4.69, 9.17) is 9.47 Å². The molecule has 4 heteroatoms. The molecule has 116 valence electrons. The van der Waals surface area contributed by atoms with Crippen LogP contribution in [0.2, 0.25) is 0 Å². The van der Waals surface area contributed by atoms with Gasteiger partial charge in [-0.25, -0.2) is 0 Å². The predicted molar refractivity (Wildman–Crippen MR) is 82.3 cm³/mol. The van der Waals surface area contributed by atoms with Crippen molar-refractivity contribution in [1.82, 2.24) is 0 Å². The quantitative estimate of drug-likeness (QED) is 0.313. The van der Waals surface area contributed by atoms with Gasteiger partial charge in [0.25, 0.3) is 0 Å². The summed E-state index contributed by atoms with van der Waals surface area (Å²) in [5.74, 6) is 4.47. The van der Waals surface area contributed by atoms with Crippen LogP contribution in [0.4, 0.5) is 0 Å². The van der Waals surface area contributed by atoms with Gasteiger partial charge in [-0.3, -0.25) is 9.59 Å². The first-order valence-electron chi connectivity index (χ1n) is 6.77. The second kappa shape index (κ2) is 9.02. The van der Waals surface area contributed by atoms with Crippen LogP contribution >= 0.6 is 0 Å². The highest BCUT2D eigenvalue weighted by Crippen LogP contribution is 2.31. The molecule has 0 aromatic carbocycles. The minimum Gasteiger partial charge on any atom is -0.468 e. The highest BCUT2D eigenvalue weighted by Gasteiger charge is 2.47. The first-order chi connectivity index (χ1) is 9.85. The topological polar surface area (TPSA) is 52.6 Å². The summed E-state index contributed by atoms with van der Waals surface area (Å²) in [6.45, 7) is 9.60.